The zero-order valence-electron chi connectivity index (χ0n) is 33.7. The molecule has 0 atom stereocenters. The summed E-state index contributed by atoms with van der Waals surface area (Å²) < 4.78 is 346. The first kappa shape index (κ1) is 55.2. The van der Waals surface area contributed by atoms with Gasteiger partial charge in [0.25, 0.3) is 0 Å². The summed E-state index contributed by atoms with van der Waals surface area (Å²) in [5.41, 5.74) is -29.0. The molecule has 1 nitrogen and oxygen atoms in total. The standard InChI is InChI=1S/C32H12BF24.C9H13OS/c34-25(35,36)13-1-14(26(37,38)39)6-21(5-13)33(22-7-15(27(40,41)42)2-16(8-22)28(43,44)45,23-9-17(29(46,47)48)3-18(10-23)30(49,50)51)24-11-19(31(52,53)54)4-20(12-24)32(55,56)57;1-8-5-4-6-9(7-8)10-11(2)3/h1-12H;4-7H,1-3H3/q-1;+1. The summed E-state index contributed by atoms with van der Waals surface area (Å²) in [5.74, 6) is 0.971. The van der Waals surface area contributed by atoms with Crippen LogP contribution in [0.2, 0.25) is 0 Å². The zero-order chi connectivity index (χ0) is 52.2. The van der Waals surface area contributed by atoms with E-state index in [2.05, 4.69) is 25.5 Å². The maximum atomic E-state index is 14.2. The molecule has 0 aromatic heterocycles. The largest absolute Gasteiger partial charge is 0.416 e. The number of halogens is 24. The van der Waals surface area contributed by atoms with Crippen molar-refractivity contribution in [3.8, 4) is 5.75 Å². The minimum absolute atomic E-state index is 0.0252. The van der Waals surface area contributed by atoms with E-state index in [1.54, 1.807) is 0 Å². The lowest BCUT2D eigenvalue weighted by Crippen LogP contribution is -2.75. The molecule has 27 heteroatoms. The monoisotopic (exact) mass is 1030 g/mol. The van der Waals surface area contributed by atoms with Crippen molar-refractivity contribution in [2.24, 2.45) is 0 Å². The predicted octanol–water partition coefficient (Wildman–Crippen LogP) is 13.4. The normalized spacial score (nSPS) is 13.6. The molecule has 0 aliphatic carbocycles. The van der Waals surface area contributed by atoms with Gasteiger partial charge in [0, 0.05) is 0 Å². The van der Waals surface area contributed by atoms with E-state index in [9.17, 15) is 105 Å². The highest BCUT2D eigenvalue weighted by molar-refractivity contribution is 7.91. The number of hydrogen-bond acceptors (Lipinski definition) is 1. The third kappa shape index (κ3) is 13.0. The van der Waals surface area contributed by atoms with Gasteiger partial charge in [-0.2, -0.15) is 127 Å². The van der Waals surface area contributed by atoms with Gasteiger partial charge >= 0.3 is 49.4 Å². The summed E-state index contributed by atoms with van der Waals surface area (Å²) in [7, 11) is 0. The topological polar surface area (TPSA) is 9.23 Å². The summed E-state index contributed by atoms with van der Waals surface area (Å²) in [5, 5.41) is 0. The number of rotatable bonds is 6. The van der Waals surface area contributed by atoms with E-state index < -0.39 is 195 Å². The molecule has 0 bridgehead atoms. The Bertz CT molecular complexity index is 2150. The van der Waals surface area contributed by atoms with E-state index in [4.69, 9.17) is 4.18 Å². The lowest BCUT2D eigenvalue weighted by atomic mass is 9.12. The van der Waals surface area contributed by atoms with Gasteiger partial charge in [0.05, 0.1) is 44.5 Å². The Morgan fingerprint density at radius 1 is 0.324 bits per heavy atom. The average molecular weight is 1030 g/mol. The molecule has 0 amide bonds. The lowest BCUT2D eigenvalue weighted by molar-refractivity contribution is -0.144. The van der Waals surface area contributed by atoms with E-state index in [0.717, 1.165) is 5.75 Å². The Morgan fingerprint density at radius 3 is 0.691 bits per heavy atom. The van der Waals surface area contributed by atoms with E-state index in [1.165, 1.54) is 5.56 Å². The molecular formula is C41H25BF24OS. The fourth-order valence-corrected chi connectivity index (χ4v) is 7.42. The van der Waals surface area contributed by atoms with Crippen molar-refractivity contribution >= 4 is 39.2 Å². The summed E-state index contributed by atoms with van der Waals surface area (Å²) >= 11 is 0.0252. The van der Waals surface area contributed by atoms with Crippen LogP contribution in [0.25, 0.3) is 0 Å². The van der Waals surface area contributed by atoms with Crippen LogP contribution in [-0.2, 0) is 60.6 Å². The number of hydrogen-bond donors (Lipinski definition) is 0. The summed E-state index contributed by atoms with van der Waals surface area (Å²) in [6.07, 6.45) is -50.7. The van der Waals surface area contributed by atoms with Crippen LogP contribution < -0.4 is 26.0 Å². The first-order valence-corrected chi connectivity index (χ1v) is 20.1. The molecular weight excluding hydrogens is 1010 g/mol. The molecule has 5 aromatic rings. The van der Waals surface area contributed by atoms with Crippen molar-refractivity contribution in [2.75, 3.05) is 12.5 Å². The molecule has 0 heterocycles. The van der Waals surface area contributed by atoms with Crippen molar-refractivity contribution < 1.29 is 110 Å². The number of alkyl halides is 24. The van der Waals surface area contributed by atoms with Crippen molar-refractivity contribution in [1.29, 1.82) is 0 Å². The summed E-state index contributed by atoms with van der Waals surface area (Å²) in [6, 6.07) is -0.698. The van der Waals surface area contributed by atoms with Crippen LogP contribution in [0.4, 0.5) is 105 Å². The highest BCUT2D eigenvalue weighted by atomic mass is 32.2. The van der Waals surface area contributed by atoms with Gasteiger partial charge in [-0.1, -0.05) is 60.7 Å². The highest BCUT2D eigenvalue weighted by Gasteiger charge is 2.47. The molecule has 0 spiro atoms. The fourth-order valence-electron chi connectivity index (χ4n) is 6.93. The molecule has 372 valence electrons. The SMILES string of the molecule is Cc1cccc(O[S+](C)C)c1.FC(F)(F)c1cc([B-](c2cc(C(F)(F)F)cc(C(F)(F)F)c2)(c2cc(C(F)(F)F)cc(C(F)(F)F)c2)c2cc(C(F)(F)F)cc(C(F)(F)F)c2)cc(C(F)(F)F)c1. The van der Waals surface area contributed by atoms with E-state index in [0.29, 0.717) is 0 Å². The molecule has 0 saturated heterocycles. The Balaban J connectivity index is 0.000000802. The highest BCUT2D eigenvalue weighted by Crippen LogP contribution is 2.41. The van der Waals surface area contributed by atoms with Crippen LogP contribution in [0.3, 0.4) is 0 Å². The van der Waals surface area contributed by atoms with Crippen molar-refractivity contribution in [3.63, 3.8) is 0 Å². The van der Waals surface area contributed by atoms with E-state index >= 15 is 0 Å². The molecule has 0 unspecified atom stereocenters. The van der Waals surface area contributed by atoms with Gasteiger partial charge < -0.3 is 0 Å². The molecule has 0 fully saturated rings. The second-order valence-electron chi connectivity index (χ2n) is 14.9. The van der Waals surface area contributed by atoms with Crippen LogP contribution >= 0.6 is 0 Å². The predicted molar refractivity (Wildman–Crippen MR) is 201 cm³/mol. The van der Waals surface area contributed by atoms with Crippen LogP contribution in [0.1, 0.15) is 50.1 Å². The average Bonchev–Trinajstić information content (AvgIpc) is 3.15. The van der Waals surface area contributed by atoms with Gasteiger partial charge in [0.2, 0.25) is 0 Å². The Kier molecular flexibility index (Phi) is 15.0. The van der Waals surface area contributed by atoms with Crippen LogP contribution in [-0.4, -0.2) is 18.7 Å². The maximum Gasteiger partial charge on any atom is 0.416 e. The zero-order valence-corrected chi connectivity index (χ0v) is 34.5. The van der Waals surface area contributed by atoms with Crippen LogP contribution in [0, 0.1) is 6.92 Å². The van der Waals surface area contributed by atoms with Crippen molar-refractivity contribution in [1.82, 2.24) is 0 Å². The molecule has 0 aliphatic rings. The summed E-state index contributed by atoms with van der Waals surface area (Å²) in [4.78, 5) is 0. The Hall–Kier alpha value is -5.37. The van der Waals surface area contributed by atoms with Gasteiger partial charge in [-0.25, -0.2) is 0 Å². The van der Waals surface area contributed by atoms with Gasteiger partial charge in [0.1, 0.15) is 18.7 Å². The molecule has 5 aromatic carbocycles. The number of benzene rings is 5. The second-order valence-corrected chi connectivity index (χ2v) is 16.5. The third-order valence-electron chi connectivity index (χ3n) is 9.69. The second kappa shape index (κ2) is 18.5. The minimum atomic E-state index is -6.13. The summed E-state index contributed by atoms with van der Waals surface area (Å²) in [6.45, 7) is 2.07. The number of aryl methyl sites for hydroxylation is 1. The van der Waals surface area contributed by atoms with Crippen LogP contribution in [0.15, 0.2) is 97.1 Å². The first-order valence-electron chi connectivity index (χ1n) is 18.1. The van der Waals surface area contributed by atoms with Gasteiger partial charge in [-0.05, 0) is 48.9 Å². The minimum Gasteiger partial charge on any atom is -0.287 e. The first-order chi connectivity index (χ1) is 30.4. The fraction of sp³-hybridized carbons (Fsp3) is 0.268. The molecule has 0 aliphatic heterocycles. The van der Waals surface area contributed by atoms with Crippen LogP contribution in [0.5, 0.6) is 5.75 Å². The quantitative estimate of drug-likeness (QED) is 0.0936. The molecule has 68 heavy (non-hydrogen) atoms. The van der Waals surface area contributed by atoms with Gasteiger partial charge in [-0.3, -0.25) is 4.18 Å². The molecule has 0 radical (unpaired) electrons. The lowest BCUT2D eigenvalue weighted by Gasteiger charge is -2.46. The molecule has 0 saturated carbocycles. The van der Waals surface area contributed by atoms with Crippen molar-refractivity contribution in [3.05, 3.63) is 147 Å². The molecule has 5 rings (SSSR count). The van der Waals surface area contributed by atoms with Crippen molar-refractivity contribution in [2.45, 2.75) is 56.3 Å². The Labute approximate surface area is 370 Å². The van der Waals surface area contributed by atoms with E-state index in [-0.39, 0.29) is 11.2 Å². The molecule has 0 N–H and O–H groups in total. The van der Waals surface area contributed by atoms with E-state index in [1.807, 2.05) is 18.2 Å². The third-order valence-corrected chi connectivity index (χ3v) is 10.2. The maximum absolute atomic E-state index is 14.2. The van der Waals surface area contributed by atoms with Gasteiger partial charge in [0.15, 0.2) is 16.9 Å². The van der Waals surface area contributed by atoms with Gasteiger partial charge in [-0.15, -0.1) is 0 Å². The Morgan fingerprint density at radius 2 is 0.529 bits per heavy atom. The smallest absolute Gasteiger partial charge is 0.287 e.